The van der Waals surface area contributed by atoms with E-state index in [9.17, 15) is 0 Å². The molecule has 0 fully saturated rings. The average Bonchev–Trinajstić information content (AvgIpc) is 3.08. The Labute approximate surface area is 129 Å². The highest BCUT2D eigenvalue weighted by molar-refractivity contribution is 7.11. The second-order valence-corrected chi connectivity index (χ2v) is 6.01. The summed E-state index contributed by atoms with van der Waals surface area (Å²) in [6.07, 6.45) is 6.46. The van der Waals surface area contributed by atoms with Crippen molar-refractivity contribution < 1.29 is 0 Å². The molecule has 0 spiro atoms. The van der Waals surface area contributed by atoms with Gasteiger partial charge < -0.3 is 15.2 Å². The molecule has 114 valence electrons. The number of rotatable bonds is 6. The fourth-order valence-corrected chi connectivity index (χ4v) is 2.81. The Kier molecular flexibility index (Phi) is 5.74. The Balaban J connectivity index is 1.68. The van der Waals surface area contributed by atoms with Crippen molar-refractivity contribution in [1.82, 2.24) is 25.2 Å². The van der Waals surface area contributed by atoms with Crippen molar-refractivity contribution in [2.45, 2.75) is 26.8 Å². The molecule has 0 amide bonds. The van der Waals surface area contributed by atoms with Crippen LogP contribution in [0.1, 0.15) is 15.6 Å². The number of hydrogen-bond acceptors (Lipinski definition) is 4. The maximum absolute atomic E-state index is 4.54. The summed E-state index contributed by atoms with van der Waals surface area (Å²) in [6.45, 7) is 6.67. The van der Waals surface area contributed by atoms with E-state index in [2.05, 4.69) is 39.4 Å². The summed E-state index contributed by atoms with van der Waals surface area (Å²) < 4.78 is 2.03. The zero-order valence-corrected chi connectivity index (χ0v) is 13.6. The summed E-state index contributed by atoms with van der Waals surface area (Å²) >= 11 is 1.77. The molecule has 6 nitrogen and oxygen atoms in total. The van der Waals surface area contributed by atoms with E-state index in [0.29, 0.717) is 0 Å². The van der Waals surface area contributed by atoms with Gasteiger partial charge in [-0.1, -0.05) is 0 Å². The lowest BCUT2D eigenvalue weighted by Crippen LogP contribution is -2.39. The summed E-state index contributed by atoms with van der Waals surface area (Å²) in [5.74, 6) is 0.820. The maximum Gasteiger partial charge on any atom is 0.191 e. The van der Waals surface area contributed by atoms with Crippen molar-refractivity contribution in [2.75, 3.05) is 20.1 Å². The number of nitrogens with one attached hydrogen (secondary N) is 2. The predicted octanol–water partition coefficient (Wildman–Crippen LogP) is 1.36. The van der Waals surface area contributed by atoms with Gasteiger partial charge in [0.1, 0.15) is 0 Å². The van der Waals surface area contributed by atoms with Crippen LogP contribution in [0.5, 0.6) is 0 Å². The van der Waals surface area contributed by atoms with Crippen LogP contribution in [0, 0.1) is 13.8 Å². The van der Waals surface area contributed by atoms with Crippen LogP contribution >= 0.6 is 11.3 Å². The third-order valence-corrected chi connectivity index (χ3v) is 4.28. The SMILES string of the molecule is CN=C(NCCc1nc(C)c(C)s1)NCCn1ccnc1. The van der Waals surface area contributed by atoms with E-state index in [1.54, 1.807) is 24.6 Å². The van der Waals surface area contributed by atoms with Gasteiger partial charge in [0.25, 0.3) is 0 Å². The van der Waals surface area contributed by atoms with Crippen molar-refractivity contribution in [3.8, 4) is 0 Å². The molecule has 2 aromatic heterocycles. The van der Waals surface area contributed by atoms with E-state index in [1.165, 1.54) is 9.88 Å². The average molecular weight is 306 g/mol. The molecule has 7 heteroatoms. The van der Waals surface area contributed by atoms with Crippen LogP contribution in [0.3, 0.4) is 0 Å². The van der Waals surface area contributed by atoms with Gasteiger partial charge in [-0.2, -0.15) is 0 Å². The first-order valence-electron chi connectivity index (χ1n) is 7.02. The molecule has 0 aliphatic heterocycles. The van der Waals surface area contributed by atoms with Gasteiger partial charge >= 0.3 is 0 Å². The van der Waals surface area contributed by atoms with Crippen molar-refractivity contribution >= 4 is 17.3 Å². The molecule has 2 rings (SSSR count). The number of aliphatic imine (C=N–C) groups is 1. The molecule has 2 N–H and O–H groups in total. The number of nitrogens with zero attached hydrogens (tertiary/aromatic N) is 4. The Hall–Kier alpha value is -1.89. The minimum atomic E-state index is 0.811. The number of imidazole rings is 1. The van der Waals surface area contributed by atoms with Crippen molar-refractivity contribution in [3.63, 3.8) is 0 Å². The van der Waals surface area contributed by atoms with Crippen LogP contribution in [-0.4, -0.2) is 40.6 Å². The maximum atomic E-state index is 4.54. The number of hydrogen-bond donors (Lipinski definition) is 2. The standard InChI is InChI=1S/C14H22N6S/c1-11-12(2)21-13(19-11)4-5-17-14(15-3)18-7-9-20-8-6-16-10-20/h6,8,10H,4-5,7,9H2,1-3H3,(H2,15,17,18). The van der Waals surface area contributed by atoms with Gasteiger partial charge in [0.05, 0.1) is 17.0 Å². The zero-order chi connectivity index (χ0) is 15.1. The zero-order valence-electron chi connectivity index (χ0n) is 12.8. The summed E-state index contributed by atoms with van der Waals surface area (Å²) in [7, 11) is 1.78. The first-order chi connectivity index (χ1) is 10.2. The molecule has 0 saturated carbocycles. The molecule has 0 unspecified atom stereocenters. The van der Waals surface area contributed by atoms with Gasteiger partial charge in [0.15, 0.2) is 5.96 Å². The highest BCUT2D eigenvalue weighted by Gasteiger charge is 2.04. The number of thiazole rings is 1. The van der Waals surface area contributed by atoms with E-state index in [1.807, 2.05) is 17.1 Å². The molecule has 0 atom stereocenters. The van der Waals surface area contributed by atoms with E-state index < -0.39 is 0 Å². The van der Waals surface area contributed by atoms with Crippen molar-refractivity contribution in [1.29, 1.82) is 0 Å². The van der Waals surface area contributed by atoms with Gasteiger partial charge in [-0.3, -0.25) is 4.99 Å². The number of guanidine groups is 1. The third-order valence-electron chi connectivity index (χ3n) is 3.15. The fourth-order valence-electron chi connectivity index (χ4n) is 1.88. The molecular formula is C14H22N6S. The second-order valence-electron chi connectivity index (χ2n) is 4.73. The molecule has 0 aromatic carbocycles. The molecule has 21 heavy (non-hydrogen) atoms. The topological polar surface area (TPSA) is 67.1 Å². The Morgan fingerprint density at radius 3 is 2.76 bits per heavy atom. The Bertz CT molecular complexity index is 553. The quantitative estimate of drug-likeness (QED) is 0.625. The number of aryl methyl sites for hydroxylation is 2. The van der Waals surface area contributed by atoms with Crippen molar-refractivity contribution in [3.05, 3.63) is 34.3 Å². The third kappa shape index (κ3) is 4.86. The summed E-state index contributed by atoms with van der Waals surface area (Å²) in [4.78, 5) is 14.1. The van der Waals surface area contributed by atoms with Gasteiger partial charge in [0.2, 0.25) is 0 Å². The highest BCUT2D eigenvalue weighted by atomic mass is 32.1. The number of aromatic nitrogens is 3. The molecule has 0 bridgehead atoms. The van der Waals surface area contributed by atoms with E-state index in [4.69, 9.17) is 0 Å². The minimum absolute atomic E-state index is 0.811. The lowest BCUT2D eigenvalue weighted by atomic mass is 10.4. The van der Waals surface area contributed by atoms with Crippen LogP contribution in [0.4, 0.5) is 0 Å². The van der Waals surface area contributed by atoms with Gasteiger partial charge in [-0.15, -0.1) is 11.3 Å². The van der Waals surface area contributed by atoms with E-state index in [0.717, 1.165) is 37.7 Å². The lowest BCUT2D eigenvalue weighted by Gasteiger charge is -2.11. The molecule has 2 heterocycles. The molecule has 2 aromatic rings. The predicted molar refractivity (Wildman–Crippen MR) is 86.9 cm³/mol. The van der Waals surface area contributed by atoms with Gasteiger partial charge in [-0.05, 0) is 13.8 Å². The normalized spacial score (nSPS) is 11.7. The first-order valence-corrected chi connectivity index (χ1v) is 7.84. The highest BCUT2D eigenvalue weighted by Crippen LogP contribution is 2.16. The minimum Gasteiger partial charge on any atom is -0.356 e. The molecule has 0 saturated heterocycles. The molecule has 0 aliphatic rings. The molecular weight excluding hydrogens is 284 g/mol. The van der Waals surface area contributed by atoms with E-state index >= 15 is 0 Å². The van der Waals surface area contributed by atoms with Crippen LogP contribution in [0.2, 0.25) is 0 Å². The van der Waals surface area contributed by atoms with Gasteiger partial charge in [0, 0.05) is 50.4 Å². The van der Waals surface area contributed by atoms with Crippen LogP contribution in [0.25, 0.3) is 0 Å². The van der Waals surface area contributed by atoms with E-state index in [-0.39, 0.29) is 0 Å². The van der Waals surface area contributed by atoms with Crippen LogP contribution < -0.4 is 10.6 Å². The van der Waals surface area contributed by atoms with Crippen molar-refractivity contribution in [2.24, 2.45) is 4.99 Å². The second kappa shape index (κ2) is 7.78. The first kappa shape index (κ1) is 15.5. The summed E-state index contributed by atoms with van der Waals surface area (Å²) in [5, 5.41) is 7.76. The Morgan fingerprint density at radius 2 is 2.14 bits per heavy atom. The Morgan fingerprint density at radius 1 is 1.33 bits per heavy atom. The monoisotopic (exact) mass is 306 g/mol. The summed E-state index contributed by atoms with van der Waals surface area (Å²) in [5.41, 5.74) is 1.14. The van der Waals surface area contributed by atoms with Gasteiger partial charge in [-0.25, -0.2) is 9.97 Å². The van der Waals surface area contributed by atoms with Crippen LogP contribution in [-0.2, 0) is 13.0 Å². The fraction of sp³-hybridized carbons (Fsp3) is 0.500. The summed E-state index contributed by atoms with van der Waals surface area (Å²) in [6, 6.07) is 0. The lowest BCUT2D eigenvalue weighted by molar-refractivity contribution is 0.661. The largest absolute Gasteiger partial charge is 0.356 e. The molecule has 0 radical (unpaired) electrons. The smallest absolute Gasteiger partial charge is 0.191 e. The van der Waals surface area contributed by atoms with Crippen LogP contribution in [0.15, 0.2) is 23.7 Å². The molecule has 0 aliphatic carbocycles.